The number of hydrogen-bond acceptors (Lipinski definition) is 1. The van der Waals surface area contributed by atoms with E-state index < -0.39 is 0 Å². The third-order valence-corrected chi connectivity index (χ3v) is 2.52. The highest BCUT2D eigenvalue weighted by molar-refractivity contribution is 6.03. The molecule has 0 saturated heterocycles. The zero-order chi connectivity index (χ0) is 12.3. The standard InChI is InChI=1S/C14H19NO/c1-6-8-12-11(5)15(10(3)4)14(16)13(12)9-7-2/h6-10H,5H2,1-4H3/b8-6-,9-7-. The molecular formula is C14H19NO. The summed E-state index contributed by atoms with van der Waals surface area (Å²) in [4.78, 5) is 13.9. The highest BCUT2D eigenvalue weighted by atomic mass is 16.2. The fourth-order valence-corrected chi connectivity index (χ4v) is 1.88. The highest BCUT2D eigenvalue weighted by Gasteiger charge is 2.32. The van der Waals surface area contributed by atoms with E-state index in [-0.39, 0.29) is 11.9 Å². The molecule has 1 heterocycles. The average molecular weight is 217 g/mol. The molecule has 16 heavy (non-hydrogen) atoms. The van der Waals surface area contributed by atoms with E-state index in [9.17, 15) is 4.79 Å². The largest absolute Gasteiger partial charge is 0.306 e. The first-order valence-corrected chi connectivity index (χ1v) is 5.57. The molecule has 1 aliphatic rings. The molecule has 0 aromatic heterocycles. The molecule has 0 unspecified atom stereocenters. The van der Waals surface area contributed by atoms with Crippen molar-refractivity contribution in [1.29, 1.82) is 0 Å². The molecule has 0 aromatic rings. The minimum atomic E-state index is 0.0474. The van der Waals surface area contributed by atoms with Crippen LogP contribution < -0.4 is 0 Å². The number of carbonyl (C=O) groups is 1. The van der Waals surface area contributed by atoms with Gasteiger partial charge in [-0.1, -0.05) is 30.9 Å². The number of hydrogen-bond donors (Lipinski definition) is 0. The van der Waals surface area contributed by atoms with E-state index in [2.05, 4.69) is 6.58 Å². The van der Waals surface area contributed by atoms with Crippen molar-refractivity contribution in [1.82, 2.24) is 4.90 Å². The van der Waals surface area contributed by atoms with Gasteiger partial charge in [0, 0.05) is 22.9 Å². The summed E-state index contributed by atoms with van der Waals surface area (Å²) >= 11 is 0. The van der Waals surface area contributed by atoms with Crippen LogP contribution >= 0.6 is 0 Å². The molecule has 2 nitrogen and oxygen atoms in total. The molecule has 0 saturated carbocycles. The first-order valence-electron chi connectivity index (χ1n) is 5.57. The Morgan fingerprint density at radius 3 is 2.06 bits per heavy atom. The van der Waals surface area contributed by atoms with Gasteiger partial charge in [-0.05, 0) is 27.7 Å². The molecule has 2 heteroatoms. The second kappa shape index (κ2) is 4.97. The number of allylic oxidation sites excluding steroid dienone is 3. The SMILES string of the molecule is C=C1C(/C=C\C)=C(/C=C\C)C(=O)N1C(C)C. The number of carbonyl (C=O) groups excluding carboxylic acids is 1. The Bertz CT molecular complexity index is 363. The van der Waals surface area contributed by atoms with E-state index in [4.69, 9.17) is 0 Å². The lowest BCUT2D eigenvalue weighted by Crippen LogP contribution is -2.31. The van der Waals surface area contributed by atoms with Gasteiger partial charge in [0.2, 0.25) is 0 Å². The molecule has 0 spiro atoms. The Labute approximate surface area is 97.6 Å². The zero-order valence-corrected chi connectivity index (χ0v) is 10.4. The first kappa shape index (κ1) is 12.5. The van der Waals surface area contributed by atoms with Crippen LogP contribution in [0.4, 0.5) is 0 Å². The Kier molecular flexibility index (Phi) is 3.88. The maximum atomic E-state index is 12.2. The molecule has 1 rings (SSSR count). The maximum Gasteiger partial charge on any atom is 0.259 e. The van der Waals surface area contributed by atoms with Crippen LogP contribution in [0, 0.1) is 0 Å². The topological polar surface area (TPSA) is 20.3 Å². The van der Waals surface area contributed by atoms with E-state index in [1.54, 1.807) is 4.90 Å². The fourth-order valence-electron chi connectivity index (χ4n) is 1.88. The molecule has 0 N–H and O–H groups in total. The summed E-state index contributed by atoms with van der Waals surface area (Å²) < 4.78 is 0. The monoisotopic (exact) mass is 217 g/mol. The fraction of sp³-hybridized carbons (Fsp3) is 0.357. The van der Waals surface area contributed by atoms with Gasteiger partial charge in [0.05, 0.1) is 0 Å². The van der Waals surface area contributed by atoms with E-state index >= 15 is 0 Å². The average Bonchev–Trinajstić information content (AvgIpc) is 2.43. The van der Waals surface area contributed by atoms with Gasteiger partial charge in [0.15, 0.2) is 0 Å². The van der Waals surface area contributed by atoms with Gasteiger partial charge in [-0.15, -0.1) is 0 Å². The summed E-state index contributed by atoms with van der Waals surface area (Å²) in [6.07, 6.45) is 7.61. The van der Waals surface area contributed by atoms with Crippen LogP contribution in [0.3, 0.4) is 0 Å². The summed E-state index contributed by atoms with van der Waals surface area (Å²) in [5.74, 6) is 0.0474. The van der Waals surface area contributed by atoms with Crippen LogP contribution in [-0.2, 0) is 4.79 Å². The molecule has 0 radical (unpaired) electrons. The predicted molar refractivity (Wildman–Crippen MR) is 67.8 cm³/mol. The van der Waals surface area contributed by atoms with Crippen LogP contribution in [0.2, 0.25) is 0 Å². The molecule has 1 aliphatic heterocycles. The second-order valence-electron chi connectivity index (χ2n) is 4.04. The molecule has 0 aliphatic carbocycles. The van der Waals surface area contributed by atoms with E-state index in [1.165, 1.54) is 0 Å². The lowest BCUT2D eigenvalue weighted by atomic mass is 10.1. The van der Waals surface area contributed by atoms with Crippen molar-refractivity contribution in [2.45, 2.75) is 33.7 Å². The lowest BCUT2D eigenvalue weighted by molar-refractivity contribution is -0.125. The number of rotatable bonds is 3. The third-order valence-electron chi connectivity index (χ3n) is 2.52. The molecule has 86 valence electrons. The van der Waals surface area contributed by atoms with Crippen LogP contribution in [-0.4, -0.2) is 16.8 Å². The summed E-state index contributed by atoms with van der Waals surface area (Å²) in [7, 11) is 0. The van der Waals surface area contributed by atoms with Crippen molar-refractivity contribution in [3.8, 4) is 0 Å². The highest BCUT2D eigenvalue weighted by Crippen LogP contribution is 2.31. The van der Waals surface area contributed by atoms with Crippen LogP contribution in [0.25, 0.3) is 0 Å². The smallest absolute Gasteiger partial charge is 0.259 e. The molecule has 1 amide bonds. The number of amides is 1. The van der Waals surface area contributed by atoms with Gasteiger partial charge in [0.25, 0.3) is 5.91 Å². The van der Waals surface area contributed by atoms with Crippen molar-refractivity contribution < 1.29 is 4.79 Å². The zero-order valence-electron chi connectivity index (χ0n) is 10.4. The summed E-state index contributed by atoms with van der Waals surface area (Å²) in [5, 5.41) is 0. The number of nitrogens with zero attached hydrogens (tertiary/aromatic N) is 1. The predicted octanol–water partition coefficient (Wildman–Crippen LogP) is 3.20. The molecular weight excluding hydrogens is 198 g/mol. The summed E-state index contributed by atoms with van der Waals surface area (Å²) in [5.41, 5.74) is 2.46. The first-order chi connectivity index (χ1) is 7.54. The second-order valence-corrected chi connectivity index (χ2v) is 4.04. The van der Waals surface area contributed by atoms with Gasteiger partial charge in [-0.25, -0.2) is 0 Å². The van der Waals surface area contributed by atoms with Crippen LogP contribution in [0.15, 0.2) is 47.7 Å². The third kappa shape index (κ3) is 2.01. The van der Waals surface area contributed by atoms with E-state index in [1.807, 2.05) is 52.0 Å². The summed E-state index contributed by atoms with van der Waals surface area (Å²) in [6, 6.07) is 0.142. The van der Waals surface area contributed by atoms with Gasteiger partial charge in [-0.3, -0.25) is 4.79 Å². The van der Waals surface area contributed by atoms with E-state index in [0.717, 1.165) is 16.8 Å². The van der Waals surface area contributed by atoms with Gasteiger partial charge in [0.1, 0.15) is 0 Å². The van der Waals surface area contributed by atoms with Gasteiger partial charge in [-0.2, -0.15) is 0 Å². The van der Waals surface area contributed by atoms with Crippen molar-refractivity contribution >= 4 is 5.91 Å². The van der Waals surface area contributed by atoms with E-state index in [0.29, 0.717) is 0 Å². The van der Waals surface area contributed by atoms with Crippen LogP contribution in [0.1, 0.15) is 27.7 Å². The molecule has 0 fully saturated rings. The van der Waals surface area contributed by atoms with Gasteiger partial charge >= 0.3 is 0 Å². The Hall–Kier alpha value is -1.57. The minimum absolute atomic E-state index is 0.0474. The maximum absolute atomic E-state index is 12.2. The quantitative estimate of drug-likeness (QED) is 0.711. The Morgan fingerprint density at radius 2 is 1.62 bits per heavy atom. The van der Waals surface area contributed by atoms with Crippen molar-refractivity contribution in [2.24, 2.45) is 0 Å². The van der Waals surface area contributed by atoms with Crippen LogP contribution in [0.5, 0.6) is 0 Å². The minimum Gasteiger partial charge on any atom is -0.306 e. The Balaban J connectivity index is 3.25. The van der Waals surface area contributed by atoms with Crippen molar-refractivity contribution in [2.75, 3.05) is 0 Å². The normalized spacial score (nSPS) is 17.9. The molecule has 0 aromatic carbocycles. The Morgan fingerprint density at radius 1 is 1.12 bits per heavy atom. The van der Waals surface area contributed by atoms with Crippen molar-refractivity contribution in [3.05, 3.63) is 47.7 Å². The van der Waals surface area contributed by atoms with Gasteiger partial charge < -0.3 is 4.90 Å². The van der Waals surface area contributed by atoms with Crippen molar-refractivity contribution in [3.63, 3.8) is 0 Å². The molecule has 0 bridgehead atoms. The lowest BCUT2D eigenvalue weighted by Gasteiger charge is -2.22. The summed E-state index contributed by atoms with van der Waals surface area (Å²) in [6.45, 7) is 11.8. The molecule has 0 atom stereocenters.